The smallest absolute Gasteiger partial charge is 0.251 e. The molecular weight excluding hydrogens is 588 g/mol. The Kier molecular flexibility index (Phi) is 7.19. The molecule has 4 heterocycles. The monoisotopic (exact) mass is 623 g/mol. The summed E-state index contributed by atoms with van der Waals surface area (Å²) in [7, 11) is -3.69. The van der Waals surface area contributed by atoms with Gasteiger partial charge in [0, 0.05) is 61.9 Å². The van der Waals surface area contributed by atoms with Crippen LogP contribution < -0.4 is 14.5 Å². The number of nitrogens with zero attached hydrogens (tertiary/aromatic N) is 6. The first-order valence-corrected chi connectivity index (χ1v) is 16.7. The summed E-state index contributed by atoms with van der Waals surface area (Å²) in [5, 5.41) is 19.0. The van der Waals surface area contributed by atoms with Gasteiger partial charge in [-0.15, -0.1) is 5.10 Å². The average molecular weight is 624 g/mol. The standard InChI is InChI=1S/C31H35F2N7O3S/c32-31(33)9-14-39(15-10-31)28-20-24(18-22-2-1-11-34-29(22)28)40-21-26(35-37-40)25-4-3-23(36-44(42,43)17-16-41)19-27(25)38-12-7-30(5-6-30)8-13-38/h1-4,11,18-21,36,41H,5-10,12-17H2. The normalized spacial score (nSPS) is 19.4. The van der Waals surface area contributed by atoms with E-state index in [-0.39, 0.29) is 31.7 Å². The third-order valence-corrected chi connectivity index (χ3v) is 10.6. The maximum atomic E-state index is 14.0. The molecule has 2 aliphatic heterocycles. The second-order valence-corrected chi connectivity index (χ2v) is 14.1. The van der Waals surface area contributed by atoms with Crippen LogP contribution in [-0.4, -0.2) is 78.0 Å². The van der Waals surface area contributed by atoms with Gasteiger partial charge < -0.3 is 14.9 Å². The summed E-state index contributed by atoms with van der Waals surface area (Å²) in [5.41, 5.74) is 5.49. The van der Waals surface area contributed by atoms with Crippen LogP contribution in [0.5, 0.6) is 0 Å². The lowest BCUT2D eigenvalue weighted by Gasteiger charge is -2.35. The summed E-state index contributed by atoms with van der Waals surface area (Å²) in [6.07, 6.45) is 7.87. The minimum atomic E-state index is -3.69. The van der Waals surface area contributed by atoms with Crippen molar-refractivity contribution in [2.45, 2.75) is 44.4 Å². The molecule has 3 fully saturated rings. The van der Waals surface area contributed by atoms with Crippen molar-refractivity contribution in [1.82, 2.24) is 20.0 Å². The number of aliphatic hydroxyl groups is 1. The molecule has 10 nitrogen and oxygen atoms in total. The van der Waals surface area contributed by atoms with E-state index in [0.29, 0.717) is 16.8 Å². The number of hydrogen-bond acceptors (Lipinski definition) is 8. The first-order chi connectivity index (χ1) is 21.1. The molecule has 2 saturated heterocycles. The van der Waals surface area contributed by atoms with Gasteiger partial charge in [-0.2, -0.15) is 0 Å². The SMILES string of the molecule is O=S(=O)(CCO)Nc1ccc(-c2cn(-c3cc(N4CCC(F)(F)CC4)c4ncccc4c3)nn2)c(N2CCC3(CC2)CC3)c1. The summed E-state index contributed by atoms with van der Waals surface area (Å²) in [6, 6.07) is 13.1. The van der Waals surface area contributed by atoms with Crippen LogP contribution >= 0.6 is 0 Å². The van der Waals surface area contributed by atoms with E-state index < -0.39 is 22.6 Å². The Hall–Kier alpha value is -3.84. The van der Waals surface area contributed by atoms with E-state index in [4.69, 9.17) is 0 Å². The highest BCUT2D eigenvalue weighted by atomic mass is 32.2. The van der Waals surface area contributed by atoms with E-state index in [2.05, 4.69) is 24.9 Å². The fraction of sp³-hybridized carbons (Fsp3) is 0.452. The van der Waals surface area contributed by atoms with Crippen LogP contribution in [0.15, 0.2) is 54.9 Å². The number of benzene rings is 2. The molecule has 13 heteroatoms. The average Bonchev–Trinajstić information content (AvgIpc) is 3.56. The predicted octanol–water partition coefficient (Wildman–Crippen LogP) is 4.83. The third-order valence-electron chi connectivity index (χ3n) is 9.29. The molecule has 0 amide bonds. The summed E-state index contributed by atoms with van der Waals surface area (Å²) < 4.78 is 57.0. The van der Waals surface area contributed by atoms with E-state index in [1.165, 1.54) is 12.8 Å². The molecule has 1 saturated carbocycles. The Bertz CT molecular complexity index is 1790. The van der Waals surface area contributed by atoms with E-state index in [9.17, 15) is 22.3 Å². The van der Waals surface area contributed by atoms with Crippen LogP contribution in [0.3, 0.4) is 0 Å². The van der Waals surface area contributed by atoms with Crippen molar-refractivity contribution in [1.29, 1.82) is 0 Å². The number of nitrogens with one attached hydrogen (secondary N) is 1. The van der Waals surface area contributed by atoms with Gasteiger partial charge in [0.05, 0.1) is 41.1 Å². The highest BCUT2D eigenvalue weighted by molar-refractivity contribution is 7.92. The van der Waals surface area contributed by atoms with Gasteiger partial charge in [0.25, 0.3) is 5.92 Å². The molecule has 7 rings (SSSR count). The molecule has 44 heavy (non-hydrogen) atoms. The molecule has 3 aliphatic rings. The Labute approximate surface area is 254 Å². The number of anilines is 3. The minimum Gasteiger partial charge on any atom is -0.395 e. The summed E-state index contributed by atoms with van der Waals surface area (Å²) in [4.78, 5) is 8.81. The van der Waals surface area contributed by atoms with Crippen LogP contribution in [0, 0.1) is 5.41 Å². The molecule has 1 aliphatic carbocycles. The molecule has 0 radical (unpaired) electrons. The maximum absolute atomic E-state index is 14.0. The van der Waals surface area contributed by atoms with Gasteiger partial charge in [-0.25, -0.2) is 21.9 Å². The van der Waals surface area contributed by atoms with Crippen LogP contribution in [0.2, 0.25) is 0 Å². The Balaban J connectivity index is 1.24. The van der Waals surface area contributed by atoms with E-state index >= 15 is 0 Å². The Morgan fingerprint density at radius 1 is 0.909 bits per heavy atom. The molecule has 2 aromatic carbocycles. The van der Waals surface area contributed by atoms with E-state index in [1.54, 1.807) is 16.9 Å². The summed E-state index contributed by atoms with van der Waals surface area (Å²) >= 11 is 0. The number of alkyl halides is 2. The van der Waals surface area contributed by atoms with Crippen molar-refractivity contribution in [2.24, 2.45) is 5.41 Å². The number of aliphatic hydroxyl groups excluding tert-OH is 1. The quantitative estimate of drug-likeness (QED) is 0.287. The number of fused-ring (bicyclic) bond motifs is 1. The Morgan fingerprint density at radius 3 is 2.36 bits per heavy atom. The first-order valence-electron chi connectivity index (χ1n) is 15.1. The zero-order chi connectivity index (χ0) is 30.5. The molecule has 4 aromatic rings. The molecule has 1 spiro atoms. The van der Waals surface area contributed by atoms with Crippen molar-refractivity contribution < 1.29 is 22.3 Å². The molecule has 232 valence electrons. The number of sulfonamides is 1. The van der Waals surface area contributed by atoms with Gasteiger partial charge >= 0.3 is 0 Å². The van der Waals surface area contributed by atoms with Crippen molar-refractivity contribution in [3.05, 3.63) is 54.9 Å². The molecule has 0 unspecified atom stereocenters. The zero-order valence-corrected chi connectivity index (χ0v) is 25.1. The fourth-order valence-electron chi connectivity index (χ4n) is 6.44. The number of piperidine rings is 2. The van der Waals surface area contributed by atoms with Gasteiger partial charge in [0.2, 0.25) is 10.0 Å². The lowest BCUT2D eigenvalue weighted by atomic mass is 9.93. The van der Waals surface area contributed by atoms with Crippen LogP contribution in [0.25, 0.3) is 27.8 Å². The van der Waals surface area contributed by atoms with Crippen LogP contribution in [0.1, 0.15) is 38.5 Å². The predicted molar refractivity (Wildman–Crippen MR) is 166 cm³/mol. The van der Waals surface area contributed by atoms with Crippen molar-refractivity contribution >= 4 is 38.0 Å². The molecule has 0 atom stereocenters. The van der Waals surface area contributed by atoms with Crippen molar-refractivity contribution in [2.75, 3.05) is 53.1 Å². The lowest BCUT2D eigenvalue weighted by Crippen LogP contribution is -2.39. The number of aromatic nitrogens is 4. The largest absolute Gasteiger partial charge is 0.395 e. The number of pyridine rings is 1. The summed E-state index contributed by atoms with van der Waals surface area (Å²) in [5.74, 6) is -3.04. The van der Waals surface area contributed by atoms with E-state index in [0.717, 1.165) is 59.5 Å². The van der Waals surface area contributed by atoms with Gasteiger partial charge in [-0.3, -0.25) is 9.71 Å². The van der Waals surface area contributed by atoms with Gasteiger partial charge in [0.15, 0.2) is 0 Å². The van der Waals surface area contributed by atoms with Crippen molar-refractivity contribution in [3.63, 3.8) is 0 Å². The van der Waals surface area contributed by atoms with Gasteiger partial charge in [-0.05, 0) is 67.5 Å². The topological polar surface area (TPSA) is 116 Å². The Morgan fingerprint density at radius 2 is 1.64 bits per heavy atom. The third kappa shape index (κ3) is 5.82. The van der Waals surface area contributed by atoms with E-state index in [1.807, 2.05) is 47.5 Å². The molecular formula is C31H35F2N7O3S. The van der Waals surface area contributed by atoms with Gasteiger partial charge in [-0.1, -0.05) is 11.3 Å². The number of hydrogen-bond donors (Lipinski definition) is 2. The second-order valence-electron chi connectivity index (χ2n) is 12.3. The minimum absolute atomic E-state index is 0.203. The maximum Gasteiger partial charge on any atom is 0.251 e. The highest BCUT2D eigenvalue weighted by Gasteiger charge is 2.44. The first kappa shape index (κ1) is 28.9. The summed E-state index contributed by atoms with van der Waals surface area (Å²) in [6.45, 7) is 1.74. The molecule has 2 N–H and O–H groups in total. The van der Waals surface area contributed by atoms with Crippen LogP contribution in [0.4, 0.5) is 25.8 Å². The van der Waals surface area contributed by atoms with Gasteiger partial charge in [0.1, 0.15) is 5.69 Å². The highest BCUT2D eigenvalue weighted by Crippen LogP contribution is 2.54. The number of halogens is 2. The second kappa shape index (κ2) is 11.0. The molecule has 0 bridgehead atoms. The zero-order valence-electron chi connectivity index (χ0n) is 24.3. The van der Waals surface area contributed by atoms with Crippen LogP contribution in [-0.2, 0) is 10.0 Å². The number of rotatable bonds is 8. The van der Waals surface area contributed by atoms with Crippen molar-refractivity contribution in [3.8, 4) is 16.9 Å². The fourth-order valence-corrected chi connectivity index (χ4v) is 7.27. The lowest BCUT2D eigenvalue weighted by molar-refractivity contribution is -0.0220. The molecule has 2 aromatic heterocycles.